The van der Waals surface area contributed by atoms with E-state index in [0.29, 0.717) is 5.82 Å². The summed E-state index contributed by atoms with van der Waals surface area (Å²) in [4.78, 5) is 10.5. The summed E-state index contributed by atoms with van der Waals surface area (Å²) in [5, 5.41) is 6.10. The Balaban J connectivity index is 1.47. The van der Waals surface area contributed by atoms with Gasteiger partial charge in [0.2, 0.25) is 11.7 Å². The minimum atomic E-state index is 0.709. The van der Waals surface area contributed by atoms with Gasteiger partial charge in [-0.05, 0) is 30.3 Å². The lowest BCUT2D eigenvalue weighted by atomic mass is 10.1. The quantitative estimate of drug-likeness (QED) is 0.819. The molecule has 0 saturated carbocycles. The lowest BCUT2D eigenvalue weighted by molar-refractivity contribution is 0.113. The van der Waals surface area contributed by atoms with E-state index < -0.39 is 0 Å². The zero-order valence-electron chi connectivity index (χ0n) is 13.4. The Kier molecular flexibility index (Phi) is 5.23. The molecule has 1 aliphatic heterocycles. The Labute approximate surface area is 135 Å². The van der Waals surface area contributed by atoms with Gasteiger partial charge in [0.25, 0.3) is 0 Å². The van der Waals surface area contributed by atoms with Crippen molar-refractivity contribution in [2.75, 3.05) is 32.7 Å². The highest BCUT2D eigenvalue weighted by molar-refractivity contribution is 7.13. The van der Waals surface area contributed by atoms with Crippen molar-refractivity contribution in [2.24, 2.45) is 5.92 Å². The highest BCUT2D eigenvalue weighted by atomic mass is 32.1. The van der Waals surface area contributed by atoms with Gasteiger partial charge in [-0.25, -0.2) is 0 Å². The van der Waals surface area contributed by atoms with Crippen LogP contribution in [0.4, 0.5) is 0 Å². The summed E-state index contributed by atoms with van der Waals surface area (Å²) < 4.78 is 5.39. The van der Waals surface area contributed by atoms with E-state index in [9.17, 15) is 0 Å². The molecule has 22 heavy (non-hydrogen) atoms. The molecule has 0 radical (unpaired) electrons. The molecule has 3 heterocycles. The van der Waals surface area contributed by atoms with E-state index in [1.807, 2.05) is 17.5 Å². The fourth-order valence-electron chi connectivity index (χ4n) is 2.63. The zero-order valence-corrected chi connectivity index (χ0v) is 14.2. The monoisotopic (exact) mass is 320 g/mol. The first-order valence-electron chi connectivity index (χ1n) is 8.02. The van der Waals surface area contributed by atoms with Gasteiger partial charge in [0.05, 0.1) is 11.4 Å². The maximum atomic E-state index is 5.39. The molecule has 0 aromatic carbocycles. The number of piperazine rings is 1. The number of nitrogens with zero attached hydrogens (tertiary/aromatic N) is 4. The van der Waals surface area contributed by atoms with Gasteiger partial charge in [-0.1, -0.05) is 25.1 Å². The average molecular weight is 320 g/mol. The molecular formula is C16H24N4OS. The van der Waals surface area contributed by atoms with Gasteiger partial charge < -0.3 is 9.42 Å². The Morgan fingerprint density at radius 3 is 2.68 bits per heavy atom. The van der Waals surface area contributed by atoms with Crippen LogP contribution in [0.15, 0.2) is 22.0 Å². The molecule has 3 rings (SSSR count). The maximum absolute atomic E-state index is 5.39. The Hall–Kier alpha value is -1.24. The second-order valence-electron chi connectivity index (χ2n) is 6.29. The third-order valence-corrected chi connectivity index (χ3v) is 4.92. The van der Waals surface area contributed by atoms with Crippen LogP contribution in [0.1, 0.15) is 26.2 Å². The summed E-state index contributed by atoms with van der Waals surface area (Å²) in [5.74, 6) is 2.21. The predicted octanol–water partition coefficient (Wildman–Crippen LogP) is 2.96. The largest absolute Gasteiger partial charge is 0.338 e. The van der Waals surface area contributed by atoms with Gasteiger partial charge in [0, 0.05) is 26.2 Å². The number of hydrogen-bond donors (Lipinski definition) is 0. The van der Waals surface area contributed by atoms with Crippen molar-refractivity contribution in [2.45, 2.75) is 26.8 Å². The first-order valence-corrected chi connectivity index (χ1v) is 8.90. The van der Waals surface area contributed by atoms with Crippen LogP contribution in [-0.2, 0) is 6.54 Å². The third-order valence-electron chi connectivity index (χ3n) is 4.06. The topological polar surface area (TPSA) is 45.4 Å². The normalized spacial score (nSPS) is 17.4. The summed E-state index contributed by atoms with van der Waals surface area (Å²) in [6.45, 7) is 11.0. The molecule has 120 valence electrons. The van der Waals surface area contributed by atoms with E-state index in [4.69, 9.17) is 4.52 Å². The van der Waals surface area contributed by atoms with E-state index in [2.05, 4.69) is 33.8 Å². The second kappa shape index (κ2) is 7.35. The minimum absolute atomic E-state index is 0.709. The van der Waals surface area contributed by atoms with Gasteiger partial charge in [-0.3, -0.25) is 4.90 Å². The summed E-state index contributed by atoms with van der Waals surface area (Å²) >= 11 is 1.64. The molecule has 2 aromatic rings. The molecule has 0 unspecified atom stereocenters. The van der Waals surface area contributed by atoms with Crippen molar-refractivity contribution < 1.29 is 4.52 Å². The first kappa shape index (κ1) is 15.6. The highest BCUT2D eigenvalue weighted by Crippen LogP contribution is 2.21. The van der Waals surface area contributed by atoms with E-state index in [0.717, 1.165) is 49.4 Å². The molecule has 0 atom stereocenters. The third kappa shape index (κ3) is 4.15. The number of rotatable bonds is 6. The smallest absolute Gasteiger partial charge is 0.241 e. The van der Waals surface area contributed by atoms with Crippen LogP contribution in [0.5, 0.6) is 0 Å². The molecule has 0 spiro atoms. The van der Waals surface area contributed by atoms with Gasteiger partial charge in [0.1, 0.15) is 0 Å². The van der Waals surface area contributed by atoms with Crippen molar-refractivity contribution in [1.82, 2.24) is 19.9 Å². The molecule has 0 bridgehead atoms. The molecule has 1 saturated heterocycles. The van der Waals surface area contributed by atoms with Crippen LogP contribution in [0.3, 0.4) is 0 Å². The Morgan fingerprint density at radius 2 is 2.00 bits per heavy atom. The van der Waals surface area contributed by atoms with Crippen LogP contribution < -0.4 is 0 Å². The fraction of sp³-hybridized carbons (Fsp3) is 0.625. The van der Waals surface area contributed by atoms with E-state index in [-0.39, 0.29) is 0 Å². The van der Waals surface area contributed by atoms with Crippen molar-refractivity contribution in [3.8, 4) is 10.7 Å². The summed E-state index contributed by atoms with van der Waals surface area (Å²) in [7, 11) is 0. The van der Waals surface area contributed by atoms with Gasteiger partial charge in [0.15, 0.2) is 0 Å². The summed E-state index contributed by atoms with van der Waals surface area (Å²) in [6, 6.07) is 4.03. The van der Waals surface area contributed by atoms with Crippen LogP contribution in [0.25, 0.3) is 10.7 Å². The average Bonchev–Trinajstić information content (AvgIpc) is 3.17. The lowest BCUT2D eigenvalue weighted by Gasteiger charge is -2.34. The molecule has 1 fully saturated rings. The SMILES string of the molecule is CC(C)CCN1CCN(Cc2nc(-c3cccs3)no2)CC1. The second-order valence-corrected chi connectivity index (χ2v) is 7.24. The zero-order chi connectivity index (χ0) is 15.4. The minimum Gasteiger partial charge on any atom is -0.338 e. The molecule has 0 N–H and O–H groups in total. The number of thiophene rings is 1. The predicted molar refractivity (Wildman–Crippen MR) is 88.8 cm³/mol. The van der Waals surface area contributed by atoms with Crippen molar-refractivity contribution in [3.05, 3.63) is 23.4 Å². The fourth-order valence-corrected chi connectivity index (χ4v) is 3.28. The summed E-state index contributed by atoms with van der Waals surface area (Å²) in [6.07, 6.45) is 1.29. The Bertz CT molecular complexity index is 558. The molecule has 6 heteroatoms. The highest BCUT2D eigenvalue weighted by Gasteiger charge is 2.19. The van der Waals surface area contributed by atoms with Crippen molar-refractivity contribution in [1.29, 1.82) is 0 Å². The van der Waals surface area contributed by atoms with E-state index in [1.165, 1.54) is 13.0 Å². The van der Waals surface area contributed by atoms with Crippen LogP contribution >= 0.6 is 11.3 Å². The molecule has 1 aliphatic rings. The molecule has 5 nitrogen and oxygen atoms in total. The Morgan fingerprint density at radius 1 is 1.23 bits per heavy atom. The number of hydrogen-bond acceptors (Lipinski definition) is 6. The molecular weight excluding hydrogens is 296 g/mol. The van der Waals surface area contributed by atoms with Gasteiger partial charge in [-0.2, -0.15) is 4.98 Å². The van der Waals surface area contributed by atoms with E-state index in [1.54, 1.807) is 11.3 Å². The van der Waals surface area contributed by atoms with Gasteiger partial charge >= 0.3 is 0 Å². The lowest BCUT2D eigenvalue weighted by Crippen LogP contribution is -2.46. The van der Waals surface area contributed by atoms with Crippen molar-refractivity contribution in [3.63, 3.8) is 0 Å². The summed E-state index contributed by atoms with van der Waals surface area (Å²) in [5.41, 5.74) is 0. The maximum Gasteiger partial charge on any atom is 0.241 e. The first-order chi connectivity index (χ1) is 10.7. The molecule has 0 amide bonds. The molecule has 0 aliphatic carbocycles. The standard InChI is InChI=1S/C16H24N4OS/c1-13(2)5-6-19-7-9-20(10-8-19)12-15-17-16(18-21-15)14-4-3-11-22-14/h3-4,11,13H,5-10,12H2,1-2H3. The van der Waals surface area contributed by atoms with Gasteiger partial charge in [-0.15, -0.1) is 11.3 Å². The number of aromatic nitrogens is 2. The van der Waals surface area contributed by atoms with Crippen molar-refractivity contribution >= 4 is 11.3 Å². The van der Waals surface area contributed by atoms with E-state index >= 15 is 0 Å². The van der Waals surface area contributed by atoms with Crippen LogP contribution in [0, 0.1) is 5.92 Å². The van der Waals surface area contributed by atoms with Crippen LogP contribution in [0.2, 0.25) is 0 Å². The van der Waals surface area contributed by atoms with Crippen LogP contribution in [-0.4, -0.2) is 52.7 Å². The molecule has 2 aromatic heterocycles.